The summed E-state index contributed by atoms with van der Waals surface area (Å²) in [5.41, 5.74) is 2.15. The molecule has 1 heterocycles. The molecular weight excluding hydrogens is 360 g/mol. The Morgan fingerprint density at radius 2 is 2.04 bits per heavy atom. The number of nitrogens with one attached hydrogen (secondary N) is 1. The lowest BCUT2D eigenvalue weighted by atomic mass is 10.1. The number of benzene rings is 2. The molecule has 0 aliphatic carbocycles. The van der Waals surface area contributed by atoms with Crippen molar-refractivity contribution in [2.45, 2.75) is 39.0 Å². The predicted molar refractivity (Wildman–Crippen MR) is 111 cm³/mol. The zero-order valence-electron chi connectivity index (χ0n) is 16.2. The van der Waals surface area contributed by atoms with Gasteiger partial charge in [0, 0.05) is 29.7 Å². The van der Waals surface area contributed by atoms with E-state index in [0.717, 1.165) is 36.7 Å². The average Bonchev–Trinajstić information content (AvgIpc) is 3.15. The van der Waals surface area contributed by atoms with Crippen LogP contribution in [0.5, 0.6) is 11.5 Å². The number of likely N-dealkylation sites (N-methyl/N-ethyl adjacent to an activating group) is 1. The van der Waals surface area contributed by atoms with Crippen molar-refractivity contribution in [3.8, 4) is 11.5 Å². The molecule has 0 unspecified atom stereocenters. The van der Waals surface area contributed by atoms with Crippen LogP contribution >= 0.6 is 11.6 Å². The van der Waals surface area contributed by atoms with Crippen LogP contribution < -0.4 is 14.8 Å². The zero-order valence-corrected chi connectivity index (χ0v) is 17.0. The van der Waals surface area contributed by atoms with E-state index in [-0.39, 0.29) is 0 Å². The van der Waals surface area contributed by atoms with Crippen molar-refractivity contribution in [3.05, 3.63) is 58.6 Å². The van der Waals surface area contributed by atoms with E-state index in [1.165, 1.54) is 24.9 Å². The van der Waals surface area contributed by atoms with Gasteiger partial charge in [0.25, 0.3) is 0 Å². The van der Waals surface area contributed by atoms with Gasteiger partial charge in [0.1, 0.15) is 6.61 Å². The van der Waals surface area contributed by atoms with Crippen molar-refractivity contribution in [2.75, 3.05) is 26.7 Å². The number of nitrogens with zero attached hydrogens (tertiary/aromatic N) is 1. The Morgan fingerprint density at radius 3 is 2.81 bits per heavy atom. The summed E-state index contributed by atoms with van der Waals surface area (Å²) in [5, 5.41) is 4.30. The molecule has 0 aromatic heterocycles. The fraction of sp³-hybridized carbons (Fsp3) is 0.455. The predicted octanol–water partition coefficient (Wildman–Crippen LogP) is 4.50. The maximum atomic E-state index is 6.20. The normalized spacial score (nSPS) is 17.2. The highest BCUT2D eigenvalue weighted by Gasteiger charge is 2.22. The van der Waals surface area contributed by atoms with Gasteiger partial charge in [-0.25, -0.2) is 0 Å². The zero-order chi connectivity index (χ0) is 19.1. The second-order valence-electron chi connectivity index (χ2n) is 6.92. The molecule has 0 radical (unpaired) electrons. The monoisotopic (exact) mass is 388 g/mol. The lowest BCUT2D eigenvalue weighted by Gasteiger charge is -2.23. The molecule has 146 valence electrons. The molecule has 3 rings (SSSR count). The minimum Gasteiger partial charge on any atom is -0.493 e. The molecule has 1 fully saturated rings. The first kappa shape index (κ1) is 20.0. The van der Waals surface area contributed by atoms with Gasteiger partial charge in [-0.05, 0) is 49.7 Å². The van der Waals surface area contributed by atoms with Crippen molar-refractivity contribution in [1.82, 2.24) is 10.2 Å². The second-order valence-corrected chi connectivity index (χ2v) is 7.33. The van der Waals surface area contributed by atoms with Gasteiger partial charge in [-0.15, -0.1) is 0 Å². The maximum Gasteiger partial charge on any atom is 0.161 e. The van der Waals surface area contributed by atoms with Gasteiger partial charge in [0.05, 0.1) is 7.11 Å². The van der Waals surface area contributed by atoms with Gasteiger partial charge in [-0.2, -0.15) is 0 Å². The number of hydrogen-bond donors (Lipinski definition) is 1. The topological polar surface area (TPSA) is 33.7 Å². The molecule has 1 aliphatic heterocycles. The molecule has 2 aromatic carbocycles. The first-order valence-corrected chi connectivity index (χ1v) is 10.1. The van der Waals surface area contributed by atoms with E-state index in [2.05, 4.69) is 23.2 Å². The first-order chi connectivity index (χ1) is 13.2. The van der Waals surface area contributed by atoms with E-state index in [1.807, 2.05) is 36.4 Å². The van der Waals surface area contributed by atoms with Crippen LogP contribution in [0.25, 0.3) is 0 Å². The molecule has 0 bridgehead atoms. The third-order valence-electron chi connectivity index (χ3n) is 5.18. The molecule has 0 spiro atoms. The summed E-state index contributed by atoms with van der Waals surface area (Å²) in [6, 6.07) is 14.5. The fourth-order valence-corrected chi connectivity index (χ4v) is 3.83. The summed E-state index contributed by atoms with van der Waals surface area (Å²) in [6.45, 7) is 6.88. The van der Waals surface area contributed by atoms with Crippen molar-refractivity contribution in [1.29, 1.82) is 0 Å². The summed E-state index contributed by atoms with van der Waals surface area (Å²) in [4.78, 5) is 2.55. The van der Waals surface area contributed by atoms with Gasteiger partial charge in [0.15, 0.2) is 11.5 Å². The summed E-state index contributed by atoms with van der Waals surface area (Å²) in [7, 11) is 1.67. The van der Waals surface area contributed by atoms with E-state index in [1.54, 1.807) is 7.11 Å². The SMILES string of the molecule is CCN1CCC[C@H]1CNCc1ccc(OCc2ccccc2Cl)c(OC)c1. The van der Waals surface area contributed by atoms with Crippen LogP contribution in [0.1, 0.15) is 30.9 Å². The van der Waals surface area contributed by atoms with Gasteiger partial charge < -0.3 is 14.8 Å². The minimum atomic E-state index is 0.419. The number of likely N-dealkylation sites (tertiary alicyclic amines) is 1. The Kier molecular flexibility index (Phi) is 7.39. The summed E-state index contributed by atoms with van der Waals surface area (Å²) in [6.07, 6.45) is 2.60. The van der Waals surface area contributed by atoms with E-state index < -0.39 is 0 Å². The quantitative estimate of drug-likeness (QED) is 0.685. The maximum absolute atomic E-state index is 6.20. The summed E-state index contributed by atoms with van der Waals surface area (Å²) in [5.74, 6) is 1.48. The molecule has 2 aromatic rings. The molecule has 4 nitrogen and oxygen atoms in total. The Morgan fingerprint density at radius 1 is 1.19 bits per heavy atom. The first-order valence-electron chi connectivity index (χ1n) is 9.69. The second kappa shape index (κ2) is 9.98. The van der Waals surface area contributed by atoms with Crippen LogP contribution in [-0.2, 0) is 13.2 Å². The van der Waals surface area contributed by atoms with E-state index in [9.17, 15) is 0 Å². The van der Waals surface area contributed by atoms with Crippen LogP contribution in [0.2, 0.25) is 5.02 Å². The highest BCUT2D eigenvalue weighted by molar-refractivity contribution is 6.31. The number of rotatable bonds is 9. The van der Waals surface area contributed by atoms with Crippen LogP contribution in [0, 0.1) is 0 Å². The highest BCUT2D eigenvalue weighted by Crippen LogP contribution is 2.29. The number of hydrogen-bond acceptors (Lipinski definition) is 4. The Labute approximate surface area is 167 Å². The molecule has 1 aliphatic rings. The highest BCUT2D eigenvalue weighted by atomic mass is 35.5. The van der Waals surface area contributed by atoms with Gasteiger partial charge >= 0.3 is 0 Å². The minimum absolute atomic E-state index is 0.419. The lowest BCUT2D eigenvalue weighted by Crippen LogP contribution is -2.37. The van der Waals surface area contributed by atoms with Crippen LogP contribution in [0.4, 0.5) is 0 Å². The van der Waals surface area contributed by atoms with E-state index in [0.29, 0.717) is 17.7 Å². The van der Waals surface area contributed by atoms with Gasteiger partial charge in [-0.3, -0.25) is 4.90 Å². The van der Waals surface area contributed by atoms with Gasteiger partial charge in [0.2, 0.25) is 0 Å². The van der Waals surface area contributed by atoms with Crippen molar-refractivity contribution in [2.24, 2.45) is 0 Å². The molecule has 0 amide bonds. The summed E-state index contributed by atoms with van der Waals surface area (Å²) < 4.78 is 11.5. The molecule has 0 saturated carbocycles. The fourth-order valence-electron chi connectivity index (χ4n) is 3.64. The molecule has 1 saturated heterocycles. The van der Waals surface area contributed by atoms with E-state index in [4.69, 9.17) is 21.1 Å². The molecule has 1 atom stereocenters. The number of ether oxygens (including phenoxy) is 2. The Balaban J connectivity index is 1.55. The third kappa shape index (κ3) is 5.38. The van der Waals surface area contributed by atoms with Crippen molar-refractivity contribution >= 4 is 11.6 Å². The molecular formula is C22H29ClN2O2. The third-order valence-corrected chi connectivity index (χ3v) is 5.55. The van der Waals surface area contributed by atoms with Crippen LogP contribution in [0.3, 0.4) is 0 Å². The molecule has 1 N–H and O–H groups in total. The van der Waals surface area contributed by atoms with Crippen LogP contribution in [-0.4, -0.2) is 37.7 Å². The van der Waals surface area contributed by atoms with Crippen LogP contribution in [0.15, 0.2) is 42.5 Å². The largest absolute Gasteiger partial charge is 0.493 e. The average molecular weight is 389 g/mol. The van der Waals surface area contributed by atoms with Crippen molar-refractivity contribution < 1.29 is 9.47 Å². The standard InChI is InChI=1S/C22H29ClN2O2/c1-3-25-12-6-8-19(25)15-24-14-17-10-11-21(22(13-17)26-2)27-16-18-7-4-5-9-20(18)23/h4-5,7,9-11,13,19,24H,3,6,8,12,14-16H2,1-2H3/t19-/m0/s1. The molecule has 27 heavy (non-hydrogen) atoms. The number of halogens is 1. The van der Waals surface area contributed by atoms with E-state index >= 15 is 0 Å². The Bertz CT molecular complexity index is 738. The number of methoxy groups -OCH3 is 1. The Hall–Kier alpha value is -1.75. The summed E-state index contributed by atoms with van der Waals surface area (Å²) >= 11 is 6.20. The van der Waals surface area contributed by atoms with Gasteiger partial charge in [-0.1, -0.05) is 42.8 Å². The lowest BCUT2D eigenvalue weighted by molar-refractivity contribution is 0.260. The smallest absolute Gasteiger partial charge is 0.161 e. The molecule has 5 heteroatoms. The van der Waals surface area contributed by atoms with Crippen molar-refractivity contribution in [3.63, 3.8) is 0 Å².